The largest absolute Gasteiger partial charge is 0.393 e. The molecule has 1 N–H and O–H groups in total. The fourth-order valence-electron chi connectivity index (χ4n) is 5.71. The third-order valence-corrected chi connectivity index (χ3v) is 8.30. The molecule has 0 amide bonds. The van der Waals surface area contributed by atoms with Crippen LogP contribution in [0.15, 0.2) is 130 Å². The molecule has 0 bridgehead atoms. The third kappa shape index (κ3) is 11.2. The molecule has 42 heavy (non-hydrogen) atoms. The van der Waals surface area contributed by atoms with Crippen molar-refractivity contribution in [2.24, 2.45) is 10.8 Å². The zero-order valence-corrected chi connectivity index (χ0v) is 27.8. The predicted molar refractivity (Wildman–Crippen MR) is 183 cm³/mol. The van der Waals surface area contributed by atoms with Crippen LogP contribution in [0, 0.1) is 10.8 Å². The van der Waals surface area contributed by atoms with Crippen LogP contribution in [-0.2, 0) is 4.79 Å². The Morgan fingerprint density at radius 3 is 1.64 bits per heavy atom. The van der Waals surface area contributed by atoms with Crippen molar-refractivity contribution in [1.82, 2.24) is 0 Å². The fraction of sp³-hybridized carbons (Fsp3) is 0.425. The number of rotatable bonds is 10. The van der Waals surface area contributed by atoms with Gasteiger partial charge in [0.15, 0.2) is 5.78 Å². The van der Waals surface area contributed by atoms with Gasteiger partial charge in [0.25, 0.3) is 0 Å². The molecule has 2 rings (SSSR count). The summed E-state index contributed by atoms with van der Waals surface area (Å²) in [4.78, 5) is 12.2. The lowest BCUT2D eigenvalue weighted by atomic mass is 9.71. The molecule has 0 heterocycles. The van der Waals surface area contributed by atoms with E-state index < -0.39 is 0 Å². The first-order valence-electron chi connectivity index (χ1n) is 15.3. The molecule has 2 aliphatic carbocycles. The Balaban J connectivity index is 1.92. The van der Waals surface area contributed by atoms with Crippen LogP contribution in [-0.4, -0.2) is 17.0 Å². The van der Waals surface area contributed by atoms with E-state index in [-0.39, 0.29) is 22.7 Å². The minimum absolute atomic E-state index is 0.00248. The zero-order valence-electron chi connectivity index (χ0n) is 27.8. The van der Waals surface area contributed by atoms with Gasteiger partial charge in [-0.25, -0.2) is 0 Å². The Morgan fingerprint density at radius 2 is 1.14 bits per heavy atom. The Labute approximate surface area is 256 Å². The minimum Gasteiger partial charge on any atom is -0.393 e. The number of hydrogen-bond acceptors (Lipinski definition) is 2. The molecule has 2 nitrogen and oxygen atoms in total. The van der Waals surface area contributed by atoms with Gasteiger partial charge in [-0.3, -0.25) is 4.79 Å². The number of aliphatic hydroxyl groups is 1. The van der Waals surface area contributed by atoms with Crippen LogP contribution in [0.5, 0.6) is 0 Å². The van der Waals surface area contributed by atoms with Gasteiger partial charge >= 0.3 is 0 Å². The maximum absolute atomic E-state index is 12.2. The highest BCUT2D eigenvalue weighted by Gasteiger charge is 2.32. The maximum atomic E-state index is 12.2. The molecule has 1 atom stereocenters. The van der Waals surface area contributed by atoms with E-state index in [9.17, 15) is 9.90 Å². The lowest BCUT2D eigenvalue weighted by molar-refractivity contribution is -0.116. The van der Waals surface area contributed by atoms with Crippen molar-refractivity contribution in [3.63, 3.8) is 0 Å². The monoisotopic (exact) mass is 566 g/mol. The Kier molecular flexibility index (Phi) is 13.2. The smallest absolute Gasteiger partial charge is 0.158 e. The van der Waals surface area contributed by atoms with Crippen molar-refractivity contribution in [3.8, 4) is 0 Å². The van der Waals surface area contributed by atoms with E-state index in [1.54, 1.807) is 0 Å². The van der Waals surface area contributed by atoms with Crippen molar-refractivity contribution in [3.05, 3.63) is 130 Å². The summed E-state index contributed by atoms with van der Waals surface area (Å²) in [6, 6.07) is 0. The van der Waals surface area contributed by atoms with Crippen LogP contribution < -0.4 is 0 Å². The van der Waals surface area contributed by atoms with Gasteiger partial charge in [0, 0.05) is 6.42 Å². The number of hydrogen-bond donors (Lipinski definition) is 1. The van der Waals surface area contributed by atoms with Crippen LogP contribution in [0.2, 0.25) is 0 Å². The van der Waals surface area contributed by atoms with Crippen LogP contribution in [0.1, 0.15) is 94.9 Å². The molecule has 0 aliphatic heterocycles. The van der Waals surface area contributed by atoms with E-state index >= 15 is 0 Å². The van der Waals surface area contributed by atoms with E-state index in [1.807, 2.05) is 6.92 Å². The summed E-state index contributed by atoms with van der Waals surface area (Å²) in [5, 5.41) is 10.1. The van der Waals surface area contributed by atoms with E-state index in [0.717, 1.165) is 36.0 Å². The van der Waals surface area contributed by atoms with Crippen molar-refractivity contribution in [2.75, 3.05) is 0 Å². The number of ketones is 1. The molecule has 1 unspecified atom stereocenters. The normalized spacial score (nSPS) is 23.3. The quantitative estimate of drug-likeness (QED) is 0.267. The molecule has 0 aromatic heterocycles. The van der Waals surface area contributed by atoms with Gasteiger partial charge < -0.3 is 5.11 Å². The summed E-state index contributed by atoms with van der Waals surface area (Å²) in [5.74, 6) is 0.274. The average Bonchev–Trinajstić information content (AvgIpc) is 2.87. The van der Waals surface area contributed by atoms with Crippen LogP contribution >= 0.6 is 0 Å². The van der Waals surface area contributed by atoms with E-state index in [4.69, 9.17) is 0 Å². The van der Waals surface area contributed by atoms with Crippen LogP contribution in [0.4, 0.5) is 0 Å². The van der Waals surface area contributed by atoms with Crippen molar-refractivity contribution < 1.29 is 9.90 Å². The Morgan fingerprint density at radius 1 is 0.690 bits per heavy atom. The molecular weight excluding hydrogens is 512 g/mol. The van der Waals surface area contributed by atoms with Gasteiger partial charge in [0.05, 0.1) is 6.10 Å². The number of carbonyl (C=O) groups is 1. The topological polar surface area (TPSA) is 37.3 Å². The average molecular weight is 567 g/mol. The predicted octanol–water partition coefficient (Wildman–Crippen LogP) is 10.8. The Bertz CT molecular complexity index is 1330. The van der Waals surface area contributed by atoms with Gasteiger partial charge in [0.2, 0.25) is 0 Å². The molecule has 0 radical (unpaired) electrons. The molecular formula is C40H54O2. The summed E-state index contributed by atoms with van der Waals surface area (Å²) < 4.78 is 0. The second-order valence-electron chi connectivity index (χ2n) is 13.4. The molecule has 0 saturated heterocycles. The summed E-state index contributed by atoms with van der Waals surface area (Å²) in [6.07, 6.45) is 32.5. The van der Waals surface area contributed by atoms with Crippen molar-refractivity contribution in [1.29, 1.82) is 0 Å². The van der Waals surface area contributed by atoms with Crippen LogP contribution in [0.25, 0.3) is 0 Å². The highest BCUT2D eigenvalue weighted by molar-refractivity contribution is 5.97. The van der Waals surface area contributed by atoms with Gasteiger partial charge in [-0.05, 0) is 88.4 Å². The van der Waals surface area contributed by atoms with Gasteiger partial charge in [-0.2, -0.15) is 0 Å². The summed E-state index contributed by atoms with van der Waals surface area (Å²) in [5.41, 5.74) is 9.44. The van der Waals surface area contributed by atoms with Crippen molar-refractivity contribution >= 4 is 5.78 Å². The number of Topliss-reactive ketones (excluding diaryl/α,β-unsaturated/α-hetero) is 1. The number of aliphatic hydroxyl groups excluding tert-OH is 1. The zero-order chi connectivity index (χ0) is 31.5. The lowest BCUT2D eigenvalue weighted by Crippen LogP contribution is -2.28. The molecule has 226 valence electrons. The number of carbonyl (C=O) groups excluding carboxylic acids is 1. The molecule has 0 saturated carbocycles. The summed E-state index contributed by atoms with van der Waals surface area (Å²) in [6.45, 7) is 21.4. The third-order valence-electron chi connectivity index (χ3n) is 8.30. The van der Waals surface area contributed by atoms with E-state index in [2.05, 4.69) is 147 Å². The standard InChI is InChI=1S/C40H54O2/c1-29(17-13-19-31(3)21-23-36-33(5)27-35(41)28-40(36,9)10)15-11-12-16-30(2)18-14-20-32(4)22-24-37-34(6)38(42)25-26-39(37,7)8/h11-24,35,41H,25-28H2,1-10H3/b12-11+,17-13+,18-14+,23-21+,24-22+,29-15+,30-16+,31-19+,32-20+. The van der Waals surface area contributed by atoms with E-state index in [1.165, 1.54) is 27.9 Å². The van der Waals surface area contributed by atoms with Gasteiger partial charge in [-0.1, -0.05) is 141 Å². The molecule has 0 aromatic rings. The second-order valence-corrected chi connectivity index (χ2v) is 13.4. The first-order chi connectivity index (χ1) is 19.6. The molecule has 0 spiro atoms. The fourth-order valence-corrected chi connectivity index (χ4v) is 5.71. The number of allylic oxidation sites excluding steroid dienone is 21. The minimum atomic E-state index is -0.229. The molecule has 2 aliphatic rings. The van der Waals surface area contributed by atoms with Crippen LogP contribution in [0.3, 0.4) is 0 Å². The Hall–Kier alpha value is -3.23. The lowest BCUT2D eigenvalue weighted by Gasteiger charge is -2.35. The second kappa shape index (κ2) is 15.8. The summed E-state index contributed by atoms with van der Waals surface area (Å²) in [7, 11) is 0. The molecule has 0 aromatic carbocycles. The molecule has 2 heteroatoms. The highest BCUT2D eigenvalue weighted by atomic mass is 16.3. The SMILES string of the molecule is CC1=C(/C=C/C(C)=C/C=C/C(C)=C/C=C/C=C(C)/C=C/C=C(C)/C=C/C2=C(C)C(=O)CCC2(C)C)C(C)(C)CC(O)C1. The van der Waals surface area contributed by atoms with Gasteiger partial charge in [0.1, 0.15) is 0 Å². The van der Waals surface area contributed by atoms with Gasteiger partial charge in [-0.15, -0.1) is 0 Å². The maximum Gasteiger partial charge on any atom is 0.158 e. The van der Waals surface area contributed by atoms with E-state index in [0.29, 0.717) is 6.42 Å². The first kappa shape index (κ1) is 35.0. The first-order valence-corrected chi connectivity index (χ1v) is 15.3. The van der Waals surface area contributed by atoms with Crippen molar-refractivity contribution in [2.45, 2.75) is 101 Å². The molecule has 0 fully saturated rings. The summed E-state index contributed by atoms with van der Waals surface area (Å²) >= 11 is 0. The highest BCUT2D eigenvalue weighted by Crippen LogP contribution is 2.41.